The molecule has 6 nitrogen and oxygen atoms in total. The average Bonchev–Trinajstić information content (AvgIpc) is 2.79. The SMILES string of the molecule is CCc1ncc(S(=O)(=O)Nc2ccncc2)[nH]1. The third kappa shape index (κ3) is 2.62. The zero-order valence-corrected chi connectivity index (χ0v) is 10.0. The van der Waals surface area contributed by atoms with Crippen molar-refractivity contribution < 1.29 is 8.42 Å². The number of pyridine rings is 1. The van der Waals surface area contributed by atoms with Gasteiger partial charge in [-0.15, -0.1) is 0 Å². The van der Waals surface area contributed by atoms with Gasteiger partial charge in [0, 0.05) is 18.8 Å². The van der Waals surface area contributed by atoms with E-state index in [9.17, 15) is 8.42 Å². The first-order valence-corrected chi connectivity index (χ1v) is 6.57. The molecule has 2 aromatic heterocycles. The van der Waals surface area contributed by atoms with Crippen molar-refractivity contribution >= 4 is 15.7 Å². The quantitative estimate of drug-likeness (QED) is 0.855. The van der Waals surface area contributed by atoms with Gasteiger partial charge in [0.15, 0.2) is 5.03 Å². The Morgan fingerprint density at radius 2 is 2.06 bits per heavy atom. The van der Waals surface area contributed by atoms with Crippen molar-refractivity contribution in [3.63, 3.8) is 0 Å². The molecular formula is C10H12N4O2S. The van der Waals surface area contributed by atoms with E-state index in [0.717, 1.165) is 0 Å². The van der Waals surface area contributed by atoms with Crippen molar-refractivity contribution in [1.29, 1.82) is 0 Å². The number of aromatic amines is 1. The maximum atomic E-state index is 11.9. The molecule has 7 heteroatoms. The van der Waals surface area contributed by atoms with Gasteiger partial charge in [-0.2, -0.15) is 8.42 Å². The predicted octanol–water partition coefficient (Wildman–Crippen LogP) is 1.17. The number of H-pyrrole nitrogens is 1. The summed E-state index contributed by atoms with van der Waals surface area (Å²) in [5, 5.41) is 0.0613. The number of nitrogens with one attached hydrogen (secondary N) is 2. The van der Waals surface area contributed by atoms with Crippen LogP contribution in [0.25, 0.3) is 0 Å². The summed E-state index contributed by atoms with van der Waals surface area (Å²) < 4.78 is 26.3. The first kappa shape index (κ1) is 11.6. The largest absolute Gasteiger partial charge is 0.332 e. The van der Waals surface area contributed by atoms with Crippen molar-refractivity contribution in [3.05, 3.63) is 36.5 Å². The Bertz CT molecular complexity index is 592. The standard InChI is InChI=1S/C10H12N4O2S/c1-2-9-12-7-10(13-9)17(15,16)14-8-3-5-11-6-4-8/h3-7H,2H2,1H3,(H,11,14)(H,12,13). The van der Waals surface area contributed by atoms with Crippen LogP contribution in [-0.4, -0.2) is 23.4 Å². The molecule has 0 atom stereocenters. The summed E-state index contributed by atoms with van der Waals surface area (Å²) >= 11 is 0. The number of hydrogen-bond donors (Lipinski definition) is 2. The Balaban J connectivity index is 2.25. The first-order valence-electron chi connectivity index (χ1n) is 5.08. The van der Waals surface area contributed by atoms with Gasteiger partial charge in [-0.1, -0.05) is 6.92 Å². The summed E-state index contributed by atoms with van der Waals surface area (Å²) in [4.78, 5) is 10.5. The average molecular weight is 252 g/mol. The number of sulfonamides is 1. The maximum absolute atomic E-state index is 11.9. The Morgan fingerprint density at radius 1 is 1.35 bits per heavy atom. The summed E-state index contributed by atoms with van der Waals surface area (Å²) in [5.74, 6) is 0.639. The van der Waals surface area contributed by atoms with Gasteiger partial charge in [-0.25, -0.2) is 4.98 Å². The highest BCUT2D eigenvalue weighted by molar-refractivity contribution is 7.92. The van der Waals surface area contributed by atoms with E-state index >= 15 is 0 Å². The Kier molecular flexibility index (Phi) is 3.10. The number of nitrogens with zero attached hydrogens (tertiary/aromatic N) is 2. The Morgan fingerprint density at radius 3 is 2.65 bits per heavy atom. The lowest BCUT2D eigenvalue weighted by Gasteiger charge is -2.04. The van der Waals surface area contributed by atoms with Crippen LogP contribution in [0.3, 0.4) is 0 Å². The molecule has 0 unspecified atom stereocenters. The first-order chi connectivity index (χ1) is 8.12. The number of aryl methyl sites for hydroxylation is 1. The highest BCUT2D eigenvalue weighted by Crippen LogP contribution is 2.13. The van der Waals surface area contributed by atoms with Gasteiger partial charge in [0.2, 0.25) is 0 Å². The molecule has 2 N–H and O–H groups in total. The Labute approximate surface area is 99.2 Å². The molecule has 2 heterocycles. The Hall–Kier alpha value is -1.89. The molecule has 0 fully saturated rings. The second kappa shape index (κ2) is 4.54. The van der Waals surface area contributed by atoms with E-state index in [4.69, 9.17) is 0 Å². The van der Waals surface area contributed by atoms with Crippen LogP contribution in [0.4, 0.5) is 5.69 Å². The summed E-state index contributed by atoms with van der Waals surface area (Å²) in [5.41, 5.74) is 0.465. The molecule has 17 heavy (non-hydrogen) atoms. The van der Waals surface area contributed by atoms with Crippen LogP contribution in [-0.2, 0) is 16.4 Å². The predicted molar refractivity (Wildman–Crippen MR) is 63.0 cm³/mol. The fourth-order valence-electron chi connectivity index (χ4n) is 1.29. The summed E-state index contributed by atoms with van der Waals surface area (Å²) in [6, 6.07) is 3.16. The summed E-state index contributed by atoms with van der Waals surface area (Å²) in [7, 11) is -3.60. The molecule has 0 amide bonds. The normalized spacial score (nSPS) is 11.4. The molecule has 0 radical (unpaired) electrons. The number of anilines is 1. The van der Waals surface area contributed by atoms with Gasteiger partial charge in [0.05, 0.1) is 11.9 Å². The van der Waals surface area contributed by atoms with Gasteiger partial charge in [-0.05, 0) is 12.1 Å². The lowest BCUT2D eigenvalue weighted by molar-refractivity contribution is 0.598. The van der Waals surface area contributed by atoms with Gasteiger partial charge >= 0.3 is 0 Å². The van der Waals surface area contributed by atoms with Crippen LogP contribution < -0.4 is 4.72 Å². The lowest BCUT2D eigenvalue weighted by Crippen LogP contribution is -2.13. The second-order valence-electron chi connectivity index (χ2n) is 3.39. The zero-order valence-electron chi connectivity index (χ0n) is 9.21. The van der Waals surface area contributed by atoms with Crippen LogP contribution in [0.15, 0.2) is 35.7 Å². The minimum atomic E-state index is -3.60. The molecule has 0 aliphatic heterocycles. The smallest absolute Gasteiger partial charge is 0.278 e. The van der Waals surface area contributed by atoms with Crippen LogP contribution in [0.5, 0.6) is 0 Å². The molecule has 0 aromatic carbocycles. The van der Waals surface area contributed by atoms with E-state index in [-0.39, 0.29) is 5.03 Å². The van der Waals surface area contributed by atoms with Crippen LogP contribution in [0.2, 0.25) is 0 Å². The van der Waals surface area contributed by atoms with E-state index < -0.39 is 10.0 Å². The molecule has 0 spiro atoms. The van der Waals surface area contributed by atoms with Crippen molar-refractivity contribution in [2.75, 3.05) is 4.72 Å². The summed E-state index contributed by atoms with van der Waals surface area (Å²) in [6.45, 7) is 1.89. The molecule has 2 rings (SSSR count). The van der Waals surface area contributed by atoms with Crippen LogP contribution in [0.1, 0.15) is 12.7 Å². The fourth-order valence-corrected chi connectivity index (χ4v) is 2.29. The zero-order chi connectivity index (χ0) is 12.3. The number of rotatable bonds is 4. The number of hydrogen-bond acceptors (Lipinski definition) is 4. The third-order valence-electron chi connectivity index (χ3n) is 2.16. The molecule has 0 aliphatic carbocycles. The van der Waals surface area contributed by atoms with Crippen LogP contribution >= 0.6 is 0 Å². The van der Waals surface area contributed by atoms with E-state index in [1.807, 2.05) is 6.92 Å². The van der Waals surface area contributed by atoms with E-state index in [0.29, 0.717) is 17.9 Å². The molecule has 2 aromatic rings. The molecule has 90 valence electrons. The lowest BCUT2D eigenvalue weighted by atomic mass is 10.4. The second-order valence-corrected chi connectivity index (χ2v) is 5.04. The van der Waals surface area contributed by atoms with Crippen molar-refractivity contribution in [3.8, 4) is 0 Å². The number of aromatic nitrogens is 3. The monoisotopic (exact) mass is 252 g/mol. The highest BCUT2D eigenvalue weighted by Gasteiger charge is 2.16. The molecule has 0 saturated carbocycles. The van der Waals surface area contributed by atoms with Crippen molar-refractivity contribution in [2.45, 2.75) is 18.4 Å². The van der Waals surface area contributed by atoms with Gasteiger partial charge in [0.25, 0.3) is 10.0 Å². The number of imidazole rings is 1. The van der Waals surface area contributed by atoms with E-state index in [1.54, 1.807) is 12.1 Å². The minimum Gasteiger partial charge on any atom is -0.332 e. The van der Waals surface area contributed by atoms with E-state index in [2.05, 4.69) is 19.7 Å². The van der Waals surface area contributed by atoms with Gasteiger partial charge < -0.3 is 4.98 Å². The van der Waals surface area contributed by atoms with Crippen molar-refractivity contribution in [1.82, 2.24) is 15.0 Å². The van der Waals surface area contributed by atoms with E-state index in [1.165, 1.54) is 18.6 Å². The molecule has 0 saturated heterocycles. The highest BCUT2D eigenvalue weighted by atomic mass is 32.2. The van der Waals surface area contributed by atoms with Gasteiger partial charge in [-0.3, -0.25) is 9.71 Å². The molecular weight excluding hydrogens is 240 g/mol. The third-order valence-corrected chi connectivity index (χ3v) is 3.45. The van der Waals surface area contributed by atoms with Gasteiger partial charge in [0.1, 0.15) is 5.82 Å². The molecule has 0 aliphatic rings. The summed E-state index contributed by atoms with van der Waals surface area (Å²) in [6.07, 6.45) is 5.00. The minimum absolute atomic E-state index is 0.0613. The topological polar surface area (TPSA) is 87.7 Å². The fraction of sp³-hybridized carbons (Fsp3) is 0.200. The maximum Gasteiger partial charge on any atom is 0.278 e. The van der Waals surface area contributed by atoms with Crippen molar-refractivity contribution in [2.24, 2.45) is 0 Å². The molecule has 0 bridgehead atoms. The van der Waals surface area contributed by atoms with Crippen LogP contribution in [0, 0.1) is 0 Å².